The second-order valence-electron chi connectivity index (χ2n) is 15.1. The van der Waals surface area contributed by atoms with Crippen molar-refractivity contribution in [3.63, 3.8) is 0 Å². The van der Waals surface area contributed by atoms with E-state index in [2.05, 4.69) is 50.8 Å². The van der Waals surface area contributed by atoms with Gasteiger partial charge in [-0.3, -0.25) is 14.4 Å². The first-order chi connectivity index (χ1) is 27.3. The van der Waals surface area contributed by atoms with Gasteiger partial charge in [-0.2, -0.15) is 0 Å². The van der Waals surface area contributed by atoms with Crippen LogP contribution in [0.15, 0.2) is 103 Å². The van der Waals surface area contributed by atoms with Gasteiger partial charge in [0.05, 0.1) is 25.5 Å². The predicted octanol–water partition coefficient (Wildman–Crippen LogP) is 6.47. The summed E-state index contributed by atoms with van der Waals surface area (Å²) in [6, 6.07) is 34.3. The Morgan fingerprint density at radius 1 is 0.821 bits per heavy atom. The third-order valence-electron chi connectivity index (χ3n) is 11.4. The number of carbonyl (C=O) groups excluding carboxylic acids is 2. The Kier molecular flexibility index (Phi) is 12.8. The molecule has 0 saturated carbocycles. The summed E-state index contributed by atoms with van der Waals surface area (Å²) in [6.45, 7) is 3.16. The van der Waals surface area contributed by atoms with Gasteiger partial charge in [-0.1, -0.05) is 97.4 Å². The van der Waals surface area contributed by atoms with Gasteiger partial charge in [0.15, 0.2) is 6.29 Å². The van der Waals surface area contributed by atoms with Crippen LogP contribution >= 0.6 is 0 Å². The van der Waals surface area contributed by atoms with Crippen molar-refractivity contribution in [2.24, 2.45) is 0 Å². The maximum atomic E-state index is 13.3. The lowest BCUT2D eigenvalue weighted by Crippen LogP contribution is -2.57. The third kappa shape index (κ3) is 9.30. The van der Waals surface area contributed by atoms with E-state index in [0.717, 1.165) is 65.0 Å². The molecule has 3 heterocycles. The first-order valence-corrected chi connectivity index (χ1v) is 19.8. The number of ether oxygens (including phenoxy) is 2. The van der Waals surface area contributed by atoms with Crippen LogP contribution in [-0.2, 0) is 37.0 Å². The molecule has 0 radical (unpaired) electrons. The van der Waals surface area contributed by atoms with Gasteiger partial charge in [0, 0.05) is 56.7 Å². The van der Waals surface area contributed by atoms with E-state index in [1.54, 1.807) is 0 Å². The smallest absolute Gasteiger partial charge is 0.303 e. The number of aliphatic hydroxyl groups is 1. The lowest BCUT2D eigenvalue weighted by atomic mass is 9.85. The van der Waals surface area contributed by atoms with E-state index in [1.807, 2.05) is 72.8 Å². The summed E-state index contributed by atoms with van der Waals surface area (Å²) in [6.07, 6.45) is 3.65. The number of carbonyl (C=O) groups is 3. The number of nitrogens with one attached hydrogen (secondary N) is 2. The standard InChI is InChI=1S/C45H52N4O7/c50-30-32-15-17-34(18-16-32)40-27-38(29-48-25-23-45(24-26-48)44(54)47-31-49(45)37-10-3-1-4-11-37)55-43(56-40)35-21-19-33(20-22-35)39-12-8-7-9-36(39)28-46-41(51)13-5-2-6-14-42(52)53/h1,3-4,7-12,15-22,38,40,43,50H,2,5-6,13-14,23-31H2,(H,46,51)(H,47,54)(H,52,53)/t38-,40+,43+/m1/s1. The average molecular weight is 761 g/mol. The lowest BCUT2D eigenvalue weighted by Gasteiger charge is -2.45. The van der Waals surface area contributed by atoms with Gasteiger partial charge >= 0.3 is 5.97 Å². The largest absolute Gasteiger partial charge is 0.481 e. The number of unbranched alkanes of at least 4 members (excludes halogenated alkanes) is 2. The number of carboxylic acid groups (broad SMARTS) is 1. The Labute approximate surface area is 328 Å². The van der Waals surface area contributed by atoms with Crippen LogP contribution in [0.25, 0.3) is 11.1 Å². The summed E-state index contributed by atoms with van der Waals surface area (Å²) in [5.41, 5.74) is 6.33. The molecule has 2 amide bonds. The quantitative estimate of drug-likeness (QED) is 0.100. The van der Waals surface area contributed by atoms with Crippen LogP contribution in [0.1, 0.15) is 86.0 Å². The molecule has 11 heteroatoms. The monoisotopic (exact) mass is 760 g/mol. The number of carboxylic acids is 1. The van der Waals surface area contributed by atoms with Gasteiger partial charge in [0.25, 0.3) is 0 Å². The van der Waals surface area contributed by atoms with Crippen molar-refractivity contribution in [3.8, 4) is 11.1 Å². The number of likely N-dealkylation sites (tertiary alicyclic amines) is 1. The summed E-state index contributed by atoms with van der Waals surface area (Å²) in [7, 11) is 0. The highest BCUT2D eigenvalue weighted by Gasteiger charge is 2.50. The number of amides is 2. The molecule has 294 valence electrons. The molecule has 0 aromatic heterocycles. The molecule has 7 rings (SSSR count). The van der Waals surface area contributed by atoms with E-state index in [1.165, 1.54) is 0 Å². The molecule has 1 spiro atoms. The maximum Gasteiger partial charge on any atom is 0.303 e. The Morgan fingerprint density at radius 3 is 2.25 bits per heavy atom. The molecule has 4 aromatic rings. The number of hydrogen-bond donors (Lipinski definition) is 4. The molecular weight excluding hydrogens is 709 g/mol. The number of para-hydroxylation sites is 1. The summed E-state index contributed by atoms with van der Waals surface area (Å²) >= 11 is 0. The second-order valence-corrected chi connectivity index (χ2v) is 15.1. The molecule has 3 saturated heterocycles. The fourth-order valence-corrected chi connectivity index (χ4v) is 8.26. The van der Waals surface area contributed by atoms with Gasteiger partial charge in [0.2, 0.25) is 11.8 Å². The highest BCUT2D eigenvalue weighted by Crippen LogP contribution is 2.40. The summed E-state index contributed by atoms with van der Waals surface area (Å²) in [5.74, 6) is -0.752. The lowest BCUT2D eigenvalue weighted by molar-refractivity contribution is -0.253. The number of rotatable bonds is 15. The van der Waals surface area contributed by atoms with E-state index in [4.69, 9.17) is 14.6 Å². The normalized spacial score (nSPS) is 20.8. The molecule has 11 nitrogen and oxygen atoms in total. The molecule has 3 fully saturated rings. The van der Waals surface area contributed by atoms with Crippen molar-refractivity contribution >= 4 is 23.5 Å². The van der Waals surface area contributed by atoms with E-state index < -0.39 is 17.8 Å². The molecule has 56 heavy (non-hydrogen) atoms. The van der Waals surface area contributed by atoms with Crippen molar-refractivity contribution in [3.05, 3.63) is 125 Å². The number of aliphatic carboxylic acids is 1. The molecule has 0 aliphatic carbocycles. The van der Waals surface area contributed by atoms with Crippen molar-refractivity contribution in [2.75, 3.05) is 31.2 Å². The molecule has 3 aliphatic rings. The van der Waals surface area contributed by atoms with Crippen LogP contribution in [0.5, 0.6) is 0 Å². The van der Waals surface area contributed by atoms with E-state index in [9.17, 15) is 19.5 Å². The minimum absolute atomic E-state index is 0.0195. The van der Waals surface area contributed by atoms with E-state index in [-0.39, 0.29) is 37.0 Å². The third-order valence-corrected chi connectivity index (χ3v) is 11.4. The Balaban J connectivity index is 1.02. The predicted molar refractivity (Wildman–Crippen MR) is 213 cm³/mol. The van der Waals surface area contributed by atoms with E-state index in [0.29, 0.717) is 51.9 Å². The summed E-state index contributed by atoms with van der Waals surface area (Å²) in [5, 5.41) is 24.6. The molecule has 0 bridgehead atoms. The summed E-state index contributed by atoms with van der Waals surface area (Å²) < 4.78 is 13.4. The average Bonchev–Trinajstić information content (AvgIpc) is 3.55. The number of anilines is 1. The molecule has 4 aromatic carbocycles. The van der Waals surface area contributed by atoms with Gasteiger partial charge < -0.3 is 40.1 Å². The number of piperidine rings is 1. The topological polar surface area (TPSA) is 141 Å². The van der Waals surface area contributed by atoms with Gasteiger partial charge in [-0.15, -0.1) is 0 Å². The van der Waals surface area contributed by atoms with Crippen LogP contribution in [0, 0.1) is 0 Å². The first kappa shape index (κ1) is 39.2. The highest BCUT2D eigenvalue weighted by atomic mass is 16.7. The molecular formula is C45H52N4O7. The Bertz CT molecular complexity index is 1930. The van der Waals surface area contributed by atoms with Gasteiger partial charge in [-0.25, -0.2) is 0 Å². The zero-order valence-electron chi connectivity index (χ0n) is 31.8. The van der Waals surface area contributed by atoms with Crippen LogP contribution in [0.3, 0.4) is 0 Å². The fraction of sp³-hybridized carbons (Fsp3) is 0.400. The van der Waals surface area contributed by atoms with Crippen LogP contribution < -0.4 is 15.5 Å². The van der Waals surface area contributed by atoms with Crippen molar-refractivity contribution in [1.29, 1.82) is 0 Å². The molecule has 3 aliphatic heterocycles. The van der Waals surface area contributed by atoms with Crippen LogP contribution in [0.4, 0.5) is 5.69 Å². The maximum absolute atomic E-state index is 13.3. The Hall–Kier alpha value is -5.07. The SMILES string of the molecule is O=C(O)CCCCCC(=O)NCc1ccccc1-c1ccc([C@H]2O[C@@H](CN3CCC4(CC3)C(=O)NCN4c3ccccc3)C[C@@H](c3ccc(CO)cc3)O2)cc1. The number of hydrogen-bond acceptors (Lipinski definition) is 8. The Morgan fingerprint density at radius 2 is 1.52 bits per heavy atom. The molecule has 3 atom stereocenters. The van der Waals surface area contributed by atoms with Crippen molar-refractivity contribution in [2.45, 2.75) is 88.6 Å². The van der Waals surface area contributed by atoms with Gasteiger partial charge in [0.1, 0.15) is 5.54 Å². The zero-order chi connectivity index (χ0) is 38.9. The molecule has 4 N–H and O–H groups in total. The summed E-state index contributed by atoms with van der Waals surface area (Å²) in [4.78, 5) is 41.2. The first-order valence-electron chi connectivity index (χ1n) is 19.8. The van der Waals surface area contributed by atoms with Crippen molar-refractivity contribution in [1.82, 2.24) is 15.5 Å². The minimum atomic E-state index is -0.809. The number of aliphatic hydroxyl groups excluding tert-OH is 1. The van der Waals surface area contributed by atoms with Gasteiger partial charge in [-0.05, 0) is 65.6 Å². The highest BCUT2D eigenvalue weighted by molar-refractivity contribution is 5.93. The molecule has 0 unspecified atom stereocenters. The van der Waals surface area contributed by atoms with Crippen LogP contribution in [0.2, 0.25) is 0 Å². The van der Waals surface area contributed by atoms with Crippen LogP contribution in [-0.4, -0.2) is 70.8 Å². The minimum Gasteiger partial charge on any atom is -0.481 e. The van der Waals surface area contributed by atoms with Crippen molar-refractivity contribution < 1.29 is 34.1 Å². The van der Waals surface area contributed by atoms with E-state index >= 15 is 0 Å². The second kappa shape index (κ2) is 18.3. The number of nitrogens with zero attached hydrogens (tertiary/aromatic N) is 2. The number of benzene rings is 4. The zero-order valence-corrected chi connectivity index (χ0v) is 31.8. The fourth-order valence-electron chi connectivity index (χ4n) is 8.26.